The van der Waals surface area contributed by atoms with Gasteiger partial charge in [-0.3, -0.25) is 4.68 Å². The van der Waals surface area contributed by atoms with Gasteiger partial charge in [-0.25, -0.2) is 0 Å². The third kappa shape index (κ3) is 1.88. The maximum absolute atomic E-state index is 9.36. The van der Waals surface area contributed by atoms with Gasteiger partial charge in [-0.15, -0.1) is 0 Å². The van der Waals surface area contributed by atoms with E-state index in [2.05, 4.69) is 21.0 Å². The summed E-state index contributed by atoms with van der Waals surface area (Å²) >= 11 is 3.45. The topological polar surface area (TPSA) is 47.3 Å². The summed E-state index contributed by atoms with van der Waals surface area (Å²) in [6, 6.07) is 6.32. The summed E-state index contributed by atoms with van der Waals surface area (Å²) in [4.78, 5) is 0. The van der Waals surface area contributed by atoms with Crippen LogP contribution in [-0.4, -0.2) is 28.1 Å². The van der Waals surface area contributed by atoms with Crippen molar-refractivity contribution in [3.05, 3.63) is 28.4 Å². The van der Waals surface area contributed by atoms with Crippen LogP contribution in [0.25, 0.3) is 10.9 Å². The van der Waals surface area contributed by atoms with E-state index in [1.165, 1.54) is 0 Å². The van der Waals surface area contributed by atoms with Crippen LogP contribution in [0.15, 0.2) is 22.7 Å². The molecule has 2 heterocycles. The van der Waals surface area contributed by atoms with E-state index in [-0.39, 0.29) is 6.61 Å². The third-order valence-electron chi connectivity index (χ3n) is 3.15. The number of benzene rings is 1. The van der Waals surface area contributed by atoms with Gasteiger partial charge in [-0.05, 0) is 24.6 Å². The zero-order valence-electron chi connectivity index (χ0n) is 9.27. The van der Waals surface area contributed by atoms with Crippen molar-refractivity contribution in [1.82, 2.24) is 9.78 Å². The molecule has 3 rings (SSSR count). The van der Waals surface area contributed by atoms with E-state index < -0.39 is 0 Å². The second-order valence-corrected chi connectivity index (χ2v) is 5.14. The molecule has 0 unspecified atom stereocenters. The van der Waals surface area contributed by atoms with Crippen molar-refractivity contribution in [2.24, 2.45) is 0 Å². The molecule has 1 fully saturated rings. The van der Waals surface area contributed by atoms with Crippen molar-refractivity contribution in [3.8, 4) is 0 Å². The summed E-state index contributed by atoms with van der Waals surface area (Å²) in [5.41, 5.74) is 1.79. The number of rotatable bonds is 2. The Balaban J connectivity index is 2.17. The lowest BCUT2D eigenvalue weighted by atomic mass is 10.2. The molecule has 1 aromatic carbocycles. The molecule has 90 valence electrons. The van der Waals surface area contributed by atoms with E-state index in [0.717, 1.165) is 34.1 Å². The standard InChI is InChI=1S/C12H13BrN2O2/c13-8-1-2-12-10(5-8)11(6-16)14-15(12)9-3-4-17-7-9/h1-2,5,9,16H,3-4,6-7H2/t9-/m1/s1. The molecule has 2 aromatic rings. The number of fused-ring (bicyclic) bond motifs is 1. The highest BCUT2D eigenvalue weighted by Crippen LogP contribution is 2.28. The molecule has 1 aromatic heterocycles. The number of ether oxygens (including phenoxy) is 1. The van der Waals surface area contributed by atoms with Crippen LogP contribution in [0.4, 0.5) is 0 Å². The van der Waals surface area contributed by atoms with Gasteiger partial charge in [0, 0.05) is 16.5 Å². The molecule has 1 N–H and O–H groups in total. The van der Waals surface area contributed by atoms with E-state index in [1.807, 2.05) is 22.9 Å². The Bertz CT molecular complexity index is 547. The molecule has 5 heteroatoms. The second kappa shape index (κ2) is 4.40. The van der Waals surface area contributed by atoms with Crippen molar-refractivity contribution < 1.29 is 9.84 Å². The Labute approximate surface area is 107 Å². The maximum Gasteiger partial charge on any atom is 0.0958 e. The molecule has 0 amide bonds. The predicted molar refractivity (Wildman–Crippen MR) is 67.8 cm³/mol. The first-order chi connectivity index (χ1) is 8.29. The Morgan fingerprint density at radius 1 is 1.53 bits per heavy atom. The first kappa shape index (κ1) is 11.2. The molecule has 1 atom stereocenters. The summed E-state index contributed by atoms with van der Waals surface area (Å²) < 4.78 is 8.38. The number of hydrogen-bond donors (Lipinski definition) is 1. The number of aliphatic hydroxyl groups excluding tert-OH is 1. The molecular weight excluding hydrogens is 284 g/mol. The van der Waals surface area contributed by atoms with Crippen LogP contribution in [0.5, 0.6) is 0 Å². The van der Waals surface area contributed by atoms with Gasteiger partial charge >= 0.3 is 0 Å². The highest BCUT2D eigenvalue weighted by Gasteiger charge is 2.21. The first-order valence-electron chi connectivity index (χ1n) is 5.65. The van der Waals surface area contributed by atoms with Gasteiger partial charge in [0.15, 0.2) is 0 Å². The Kier molecular flexibility index (Phi) is 2.90. The number of aromatic nitrogens is 2. The fourth-order valence-electron chi connectivity index (χ4n) is 2.29. The molecule has 4 nitrogen and oxygen atoms in total. The minimum atomic E-state index is -0.0342. The average Bonchev–Trinajstić information content (AvgIpc) is 2.94. The highest BCUT2D eigenvalue weighted by atomic mass is 79.9. The number of hydrogen-bond acceptors (Lipinski definition) is 3. The largest absolute Gasteiger partial charge is 0.390 e. The minimum Gasteiger partial charge on any atom is -0.390 e. The van der Waals surface area contributed by atoms with E-state index in [9.17, 15) is 5.11 Å². The molecule has 17 heavy (non-hydrogen) atoms. The fourth-order valence-corrected chi connectivity index (χ4v) is 2.65. The van der Waals surface area contributed by atoms with Crippen LogP contribution in [0.1, 0.15) is 18.2 Å². The van der Waals surface area contributed by atoms with Crippen molar-refractivity contribution >= 4 is 26.8 Å². The molecule has 0 bridgehead atoms. The SMILES string of the molecule is OCc1nn([C@@H]2CCOC2)c2ccc(Br)cc12. The average molecular weight is 297 g/mol. The van der Waals surface area contributed by atoms with Crippen LogP contribution in [0.2, 0.25) is 0 Å². The van der Waals surface area contributed by atoms with Gasteiger partial charge in [0.25, 0.3) is 0 Å². The quantitative estimate of drug-likeness (QED) is 0.925. The molecule has 1 saturated heterocycles. The smallest absolute Gasteiger partial charge is 0.0958 e. The highest BCUT2D eigenvalue weighted by molar-refractivity contribution is 9.10. The third-order valence-corrected chi connectivity index (χ3v) is 3.64. The number of aliphatic hydroxyl groups is 1. The lowest BCUT2D eigenvalue weighted by Gasteiger charge is -2.09. The molecule has 1 aliphatic heterocycles. The van der Waals surface area contributed by atoms with Crippen LogP contribution in [-0.2, 0) is 11.3 Å². The van der Waals surface area contributed by atoms with Gasteiger partial charge in [0.1, 0.15) is 0 Å². The van der Waals surface area contributed by atoms with E-state index >= 15 is 0 Å². The maximum atomic E-state index is 9.36. The summed E-state index contributed by atoms with van der Waals surface area (Å²) in [5, 5.41) is 14.9. The molecule has 0 saturated carbocycles. The van der Waals surface area contributed by atoms with Gasteiger partial charge in [-0.1, -0.05) is 15.9 Å². The van der Waals surface area contributed by atoms with Crippen LogP contribution in [0, 0.1) is 0 Å². The number of nitrogens with zero attached hydrogens (tertiary/aromatic N) is 2. The normalized spacial score (nSPS) is 20.2. The monoisotopic (exact) mass is 296 g/mol. The van der Waals surface area contributed by atoms with Gasteiger partial charge in [-0.2, -0.15) is 5.10 Å². The van der Waals surface area contributed by atoms with Gasteiger partial charge < -0.3 is 9.84 Å². The van der Waals surface area contributed by atoms with E-state index in [4.69, 9.17) is 4.74 Å². The lowest BCUT2D eigenvalue weighted by molar-refractivity contribution is 0.185. The summed E-state index contributed by atoms with van der Waals surface area (Å²) in [5.74, 6) is 0. The molecule has 0 radical (unpaired) electrons. The summed E-state index contributed by atoms with van der Waals surface area (Å²) in [6.07, 6.45) is 0.984. The lowest BCUT2D eigenvalue weighted by Crippen LogP contribution is -2.10. The summed E-state index contributed by atoms with van der Waals surface area (Å²) in [7, 11) is 0. The van der Waals surface area contributed by atoms with Crippen LogP contribution >= 0.6 is 15.9 Å². The molecular formula is C12H13BrN2O2. The van der Waals surface area contributed by atoms with Crippen LogP contribution in [0.3, 0.4) is 0 Å². The minimum absolute atomic E-state index is 0.0342. The molecule has 0 aliphatic carbocycles. The van der Waals surface area contributed by atoms with Gasteiger partial charge in [0.05, 0.1) is 30.5 Å². The Morgan fingerprint density at radius 3 is 3.12 bits per heavy atom. The molecule has 1 aliphatic rings. The van der Waals surface area contributed by atoms with E-state index in [0.29, 0.717) is 12.6 Å². The molecule has 0 spiro atoms. The zero-order chi connectivity index (χ0) is 11.8. The fraction of sp³-hybridized carbons (Fsp3) is 0.417. The van der Waals surface area contributed by atoms with Crippen molar-refractivity contribution in [1.29, 1.82) is 0 Å². The zero-order valence-corrected chi connectivity index (χ0v) is 10.9. The second-order valence-electron chi connectivity index (χ2n) is 4.23. The number of halogens is 1. The summed E-state index contributed by atoms with van der Waals surface area (Å²) in [6.45, 7) is 1.46. The Morgan fingerprint density at radius 2 is 2.41 bits per heavy atom. The van der Waals surface area contributed by atoms with Crippen molar-refractivity contribution in [2.45, 2.75) is 19.1 Å². The first-order valence-corrected chi connectivity index (χ1v) is 6.44. The van der Waals surface area contributed by atoms with Crippen molar-refractivity contribution in [3.63, 3.8) is 0 Å². The predicted octanol–water partition coefficient (Wildman–Crippen LogP) is 2.25. The van der Waals surface area contributed by atoms with Gasteiger partial charge in [0.2, 0.25) is 0 Å². The van der Waals surface area contributed by atoms with Crippen LogP contribution < -0.4 is 0 Å². The van der Waals surface area contributed by atoms with Crippen molar-refractivity contribution in [2.75, 3.05) is 13.2 Å². The van der Waals surface area contributed by atoms with E-state index in [1.54, 1.807) is 0 Å². The Hall–Kier alpha value is -0.910.